The third-order valence-corrected chi connectivity index (χ3v) is 4.72. The first-order valence-corrected chi connectivity index (χ1v) is 8.14. The molecule has 0 amide bonds. The van der Waals surface area contributed by atoms with Crippen LogP contribution in [0.2, 0.25) is 0 Å². The summed E-state index contributed by atoms with van der Waals surface area (Å²) >= 11 is 0. The van der Waals surface area contributed by atoms with Gasteiger partial charge >= 0.3 is 0 Å². The topological polar surface area (TPSA) is 29.1 Å². The highest BCUT2D eigenvalue weighted by Gasteiger charge is 2.06. The minimum atomic E-state index is -0.834. The lowest BCUT2D eigenvalue weighted by Crippen LogP contribution is -2.25. The van der Waals surface area contributed by atoms with Gasteiger partial charge in [0, 0.05) is 16.7 Å². The maximum absolute atomic E-state index is 12.1. The molecule has 0 aliphatic rings. The van der Waals surface area contributed by atoms with Gasteiger partial charge in [-0.2, -0.15) is 0 Å². The maximum atomic E-state index is 12.1. The number of hydrogen-bond acceptors (Lipinski definition) is 2. The van der Waals surface area contributed by atoms with Gasteiger partial charge < -0.3 is 5.32 Å². The van der Waals surface area contributed by atoms with Crippen LogP contribution in [0.15, 0.2) is 29.2 Å². The molecule has 0 saturated heterocycles. The van der Waals surface area contributed by atoms with E-state index in [9.17, 15) is 4.21 Å². The zero-order chi connectivity index (χ0) is 13.4. The molecular weight excluding hydrogens is 242 g/mol. The summed E-state index contributed by atoms with van der Waals surface area (Å²) in [5.74, 6) is 0.781. The Hall–Kier alpha value is -0.670. The van der Waals surface area contributed by atoms with E-state index in [1.807, 2.05) is 31.2 Å². The van der Waals surface area contributed by atoms with Crippen molar-refractivity contribution in [2.45, 2.75) is 51.0 Å². The van der Waals surface area contributed by atoms with Crippen LogP contribution in [0.25, 0.3) is 0 Å². The van der Waals surface area contributed by atoms with Gasteiger partial charge in [0.05, 0.1) is 10.8 Å². The summed E-state index contributed by atoms with van der Waals surface area (Å²) in [6, 6.07) is 8.54. The van der Waals surface area contributed by atoms with Crippen molar-refractivity contribution in [1.82, 2.24) is 5.32 Å². The van der Waals surface area contributed by atoms with Crippen molar-refractivity contribution in [2.75, 3.05) is 12.3 Å². The fourth-order valence-corrected chi connectivity index (χ4v) is 3.40. The molecule has 1 aromatic rings. The minimum Gasteiger partial charge on any atom is -0.315 e. The molecule has 1 N–H and O–H groups in total. The van der Waals surface area contributed by atoms with Gasteiger partial charge in [0.15, 0.2) is 0 Å². The molecule has 102 valence electrons. The molecule has 1 rings (SSSR count). The van der Waals surface area contributed by atoms with Crippen molar-refractivity contribution in [2.24, 2.45) is 0 Å². The second-order valence-electron chi connectivity index (χ2n) is 4.77. The fraction of sp³-hybridized carbons (Fsp3) is 0.600. The molecule has 0 bridgehead atoms. The SMILES string of the molecule is CCNC(C)CCCCS(=O)c1ccccc1C. The third kappa shape index (κ3) is 5.32. The normalized spacial score (nSPS) is 14.4. The predicted molar refractivity (Wildman–Crippen MR) is 79.4 cm³/mol. The van der Waals surface area contributed by atoms with Crippen molar-refractivity contribution >= 4 is 10.8 Å². The average Bonchev–Trinajstić information content (AvgIpc) is 2.35. The van der Waals surface area contributed by atoms with Crippen LogP contribution in [0.3, 0.4) is 0 Å². The number of unbranched alkanes of at least 4 members (excludes halogenated alkanes) is 1. The Morgan fingerprint density at radius 1 is 1.28 bits per heavy atom. The molecule has 0 aliphatic carbocycles. The number of aryl methyl sites for hydroxylation is 1. The van der Waals surface area contributed by atoms with Crippen LogP contribution in [0.4, 0.5) is 0 Å². The lowest BCUT2D eigenvalue weighted by atomic mass is 10.1. The summed E-state index contributed by atoms with van der Waals surface area (Å²) in [6.45, 7) is 7.39. The Morgan fingerprint density at radius 3 is 2.67 bits per heavy atom. The van der Waals surface area contributed by atoms with Crippen LogP contribution in [0, 0.1) is 6.92 Å². The summed E-state index contributed by atoms with van der Waals surface area (Å²) in [7, 11) is -0.834. The fourth-order valence-electron chi connectivity index (χ4n) is 2.06. The van der Waals surface area contributed by atoms with Gasteiger partial charge in [-0.05, 0) is 44.9 Å². The maximum Gasteiger partial charge on any atom is 0.0532 e. The van der Waals surface area contributed by atoms with Crippen LogP contribution in [0.5, 0.6) is 0 Å². The first-order chi connectivity index (χ1) is 8.65. The lowest BCUT2D eigenvalue weighted by Gasteiger charge is -2.11. The van der Waals surface area contributed by atoms with Crippen LogP contribution in [-0.4, -0.2) is 22.5 Å². The Kier molecular flexibility index (Phi) is 7.21. The van der Waals surface area contributed by atoms with Gasteiger partial charge in [-0.1, -0.05) is 31.5 Å². The summed E-state index contributed by atoms with van der Waals surface area (Å²) in [5.41, 5.74) is 1.14. The summed E-state index contributed by atoms with van der Waals surface area (Å²) in [5, 5.41) is 3.40. The summed E-state index contributed by atoms with van der Waals surface area (Å²) in [4.78, 5) is 0.997. The average molecular weight is 267 g/mol. The van der Waals surface area contributed by atoms with Gasteiger partial charge in [-0.15, -0.1) is 0 Å². The molecule has 0 saturated carbocycles. The van der Waals surface area contributed by atoms with Gasteiger partial charge in [0.2, 0.25) is 0 Å². The molecule has 0 heterocycles. The standard InChI is InChI=1S/C15H25NOS/c1-4-16-14(3)10-7-8-12-18(17)15-11-6-5-9-13(15)2/h5-6,9,11,14,16H,4,7-8,10,12H2,1-3H3. The van der Waals surface area contributed by atoms with E-state index in [1.165, 1.54) is 6.42 Å². The van der Waals surface area contributed by atoms with Crippen molar-refractivity contribution in [3.63, 3.8) is 0 Å². The molecule has 0 aromatic heterocycles. The third-order valence-electron chi connectivity index (χ3n) is 3.11. The zero-order valence-corrected chi connectivity index (χ0v) is 12.6. The van der Waals surface area contributed by atoms with Crippen LogP contribution in [-0.2, 0) is 10.8 Å². The second-order valence-corrected chi connectivity index (χ2v) is 6.31. The highest BCUT2D eigenvalue weighted by Crippen LogP contribution is 2.14. The highest BCUT2D eigenvalue weighted by molar-refractivity contribution is 7.85. The molecule has 1 aromatic carbocycles. The predicted octanol–water partition coefficient (Wildman–Crippen LogP) is 3.27. The van der Waals surface area contributed by atoms with Crippen LogP contribution >= 0.6 is 0 Å². The van der Waals surface area contributed by atoms with E-state index in [1.54, 1.807) is 0 Å². The molecule has 18 heavy (non-hydrogen) atoms. The van der Waals surface area contributed by atoms with E-state index in [2.05, 4.69) is 19.2 Å². The van der Waals surface area contributed by atoms with E-state index < -0.39 is 10.8 Å². The molecular formula is C15H25NOS. The van der Waals surface area contributed by atoms with Gasteiger partial charge in [-0.3, -0.25) is 4.21 Å². The number of nitrogens with one attached hydrogen (secondary N) is 1. The first-order valence-electron chi connectivity index (χ1n) is 6.82. The van der Waals surface area contributed by atoms with E-state index in [4.69, 9.17) is 0 Å². The molecule has 0 aliphatic heterocycles. The molecule has 2 unspecified atom stereocenters. The van der Waals surface area contributed by atoms with Gasteiger partial charge in [0.25, 0.3) is 0 Å². The van der Waals surface area contributed by atoms with E-state index >= 15 is 0 Å². The molecule has 2 atom stereocenters. The Balaban J connectivity index is 2.28. The quantitative estimate of drug-likeness (QED) is 0.732. The van der Waals surface area contributed by atoms with Crippen molar-refractivity contribution in [3.8, 4) is 0 Å². The summed E-state index contributed by atoms with van der Waals surface area (Å²) < 4.78 is 12.1. The number of hydrogen-bond donors (Lipinski definition) is 1. The minimum absolute atomic E-state index is 0.571. The smallest absolute Gasteiger partial charge is 0.0532 e. The molecule has 3 heteroatoms. The number of rotatable bonds is 8. The van der Waals surface area contributed by atoms with E-state index in [-0.39, 0.29) is 0 Å². The van der Waals surface area contributed by atoms with Gasteiger partial charge in [-0.25, -0.2) is 0 Å². The molecule has 0 spiro atoms. The molecule has 0 radical (unpaired) electrons. The van der Waals surface area contributed by atoms with Crippen molar-refractivity contribution < 1.29 is 4.21 Å². The monoisotopic (exact) mass is 267 g/mol. The van der Waals surface area contributed by atoms with Gasteiger partial charge in [0.1, 0.15) is 0 Å². The Morgan fingerprint density at radius 2 is 2.00 bits per heavy atom. The first kappa shape index (κ1) is 15.4. The number of benzene rings is 1. The second kappa shape index (κ2) is 8.44. The molecule has 2 nitrogen and oxygen atoms in total. The largest absolute Gasteiger partial charge is 0.315 e. The van der Waals surface area contributed by atoms with Crippen LogP contribution in [0.1, 0.15) is 38.7 Å². The van der Waals surface area contributed by atoms with Crippen LogP contribution < -0.4 is 5.32 Å². The lowest BCUT2D eigenvalue weighted by molar-refractivity contribution is 0.509. The summed E-state index contributed by atoms with van der Waals surface area (Å²) in [6.07, 6.45) is 3.35. The van der Waals surface area contributed by atoms with Crippen molar-refractivity contribution in [3.05, 3.63) is 29.8 Å². The molecule has 0 fully saturated rings. The van der Waals surface area contributed by atoms with E-state index in [0.717, 1.165) is 35.6 Å². The zero-order valence-electron chi connectivity index (χ0n) is 11.7. The van der Waals surface area contributed by atoms with Crippen molar-refractivity contribution in [1.29, 1.82) is 0 Å². The Labute approximate surface area is 114 Å². The Bertz CT molecular complexity index is 379. The highest BCUT2D eigenvalue weighted by atomic mass is 32.2. The van der Waals surface area contributed by atoms with E-state index in [0.29, 0.717) is 6.04 Å².